The lowest BCUT2D eigenvalue weighted by molar-refractivity contribution is -0.111. The molecule has 29 heavy (non-hydrogen) atoms. The second-order valence-electron chi connectivity index (χ2n) is 5.75. The van der Waals surface area contributed by atoms with Crippen LogP contribution in [0.25, 0.3) is 6.08 Å². The molecule has 7 nitrogen and oxygen atoms in total. The highest BCUT2D eigenvalue weighted by Gasteiger charge is 2.15. The number of rotatable bonds is 6. The SMILES string of the molecule is O=C(/C=C/c1ccc(F)cc1)Nc1ccc(S(=O)(=O)Nc2ccc(Cl)nn2)cc1. The molecule has 0 fully saturated rings. The Hall–Kier alpha value is -3.30. The number of nitrogens with one attached hydrogen (secondary N) is 2. The largest absolute Gasteiger partial charge is 0.323 e. The van der Waals surface area contributed by atoms with Crippen molar-refractivity contribution in [1.29, 1.82) is 0 Å². The average molecular weight is 433 g/mol. The van der Waals surface area contributed by atoms with Crippen LogP contribution >= 0.6 is 11.6 Å². The topological polar surface area (TPSA) is 101 Å². The van der Waals surface area contributed by atoms with Crippen molar-refractivity contribution in [1.82, 2.24) is 10.2 Å². The van der Waals surface area contributed by atoms with Gasteiger partial charge in [-0.2, -0.15) is 0 Å². The quantitative estimate of drug-likeness (QED) is 0.578. The molecule has 1 aromatic heterocycles. The summed E-state index contributed by atoms with van der Waals surface area (Å²) in [6.45, 7) is 0. The number of halogens is 2. The lowest BCUT2D eigenvalue weighted by atomic mass is 10.2. The smallest absolute Gasteiger partial charge is 0.263 e. The summed E-state index contributed by atoms with van der Waals surface area (Å²) in [6, 6.07) is 14.0. The third-order valence-corrected chi connectivity index (χ3v) is 5.17. The van der Waals surface area contributed by atoms with Crippen molar-refractivity contribution in [3.8, 4) is 0 Å². The van der Waals surface area contributed by atoms with Crippen LogP contribution in [0.3, 0.4) is 0 Å². The van der Waals surface area contributed by atoms with E-state index in [1.807, 2.05) is 0 Å². The van der Waals surface area contributed by atoms with Crippen molar-refractivity contribution in [2.75, 3.05) is 10.0 Å². The fraction of sp³-hybridized carbons (Fsp3) is 0. The fourth-order valence-electron chi connectivity index (χ4n) is 2.21. The number of hydrogen-bond acceptors (Lipinski definition) is 5. The van der Waals surface area contributed by atoms with Crippen LogP contribution in [-0.2, 0) is 14.8 Å². The van der Waals surface area contributed by atoms with Crippen molar-refractivity contribution < 1.29 is 17.6 Å². The van der Waals surface area contributed by atoms with Gasteiger partial charge >= 0.3 is 0 Å². The van der Waals surface area contributed by atoms with Gasteiger partial charge in [-0.25, -0.2) is 12.8 Å². The molecule has 2 N–H and O–H groups in total. The number of anilines is 2. The average Bonchev–Trinajstić information content (AvgIpc) is 2.70. The van der Waals surface area contributed by atoms with Crippen molar-refractivity contribution in [2.45, 2.75) is 4.90 Å². The Balaban J connectivity index is 1.63. The molecule has 0 saturated heterocycles. The molecule has 3 rings (SSSR count). The fourth-order valence-corrected chi connectivity index (χ4v) is 3.31. The van der Waals surface area contributed by atoms with Crippen LogP contribution in [0.5, 0.6) is 0 Å². The van der Waals surface area contributed by atoms with Crippen LogP contribution in [0.1, 0.15) is 5.56 Å². The van der Waals surface area contributed by atoms with E-state index in [-0.39, 0.29) is 21.7 Å². The molecule has 1 heterocycles. The molecule has 2 aromatic carbocycles. The number of carbonyl (C=O) groups excluding carboxylic acids is 1. The van der Waals surface area contributed by atoms with Gasteiger partial charge < -0.3 is 5.32 Å². The summed E-state index contributed by atoms with van der Waals surface area (Å²) < 4.78 is 39.9. The summed E-state index contributed by atoms with van der Waals surface area (Å²) in [5.74, 6) is -0.753. The van der Waals surface area contributed by atoms with E-state index in [2.05, 4.69) is 20.2 Å². The molecule has 0 spiro atoms. The van der Waals surface area contributed by atoms with E-state index < -0.39 is 15.9 Å². The van der Waals surface area contributed by atoms with Crippen LogP contribution in [0.4, 0.5) is 15.9 Å². The lowest BCUT2D eigenvalue weighted by Gasteiger charge is -2.08. The first kappa shape index (κ1) is 20.4. The Morgan fingerprint density at radius 2 is 1.66 bits per heavy atom. The molecular weight excluding hydrogens is 419 g/mol. The first-order valence-electron chi connectivity index (χ1n) is 8.18. The van der Waals surface area contributed by atoms with Gasteiger partial charge in [0.1, 0.15) is 5.82 Å². The standard InChI is InChI=1S/C19H14ClFN4O3S/c20-17-10-11-18(24-23-17)25-29(27,28)16-8-6-15(7-9-16)22-19(26)12-3-13-1-4-14(21)5-2-13/h1-12H,(H,22,26)(H,24,25)/b12-3+. The molecule has 0 aliphatic rings. The maximum Gasteiger partial charge on any atom is 0.263 e. The first-order chi connectivity index (χ1) is 13.8. The third kappa shape index (κ3) is 5.84. The molecule has 1 amide bonds. The molecule has 0 aliphatic heterocycles. The first-order valence-corrected chi connectivity index (χ1v) is 10.0. The lowest BCUT2D eigenvalue weighted by Crippen LogP contribution is -2.14. The van der Waals surface area contributed by atoms with Gasteiger partial charge in [-0.15, -0.1) is 10.2 Å². The summed E-state index contributed by atoms with van der Waals surface area (Å²) >= 11 is 5.62. The van der Waals surface area contributed by atoms with E-state index >= 15 is 0 Å². The Morgan fingerprint density at radius 1 is 0.966 bits per heavy atom. The minimum absolute atomic E-state index is 0.0193. The number of amides is 1. The molecule has 0 unspecified atom stereocenters. The Labute approximate surface area is 171 Å². The summed E-state index contributed by atoms with van der Waals surface area (Å²) in [4.78, 5) is 12.0. The van der Waals surface area contributed by atoms with Crippen molar-refractivity contribution in [3.63, 3.8) is 0 Å². The minimum atomic E-state index is -3.87. The molecule has 0 saturated carbocycles. The third-order valence-electron chi connectivity index (χ3n) is 3.60. The summed E-state index contributed by atoms with van der Waals surface area (Å²) in [6.07, 6.45) is 2.82. The highest BCUT2D eigenvalue weighted by molar-refractivity contribution is 7.92. The Bertz CT molecular complexity index is 1130. The van der Waals surface area contributed by atoms with Gasteiger partial charge in [-0.3, -0.25) is 9.52 Å². The molecule has 0 radical (unpaired) electrons. The van der Waals surface area contributed by atoms with Gasteiger partial charge in [0.2, 0.25) is 5.91 Å². The number of benzene rings is 2. The number of nitrogens with zero attached hydrogens (tertiary/aromatic N) is 2. The number of aromatic nitrogens is 2. The number of sulfonamides is 1. The van der Waals surface area contributed by atoms with Crippen LogP contribution in [0.2, 0.25) is 5.15 Å². The van der Waals surface area contributed by atoms with Crippen LogP contribution in [-0.4, -0.2) is 24.5 Å². The van der Waals surface area contributed by atoms with E-state index in [1.165, 1.54) is 72.8 Å². The van der Waals surface area contributed by atoms with Gasteiger partial charge in [-0.1, -0.05) is 23.7 Å². The predicted octanol–water partition coefficient (Wildman–Crippen LogP) is 3.72. The number of carbonyl (C=O) groups is 1. The molecule has 0 aliphatic carbocycles. The molecule has 0 atom stereocenters. The normalized spacial score (nSPS) is 11.4. The molecule has 148 valence electrons. The van der Waals surface area contributed by atoms with Gasteiger partial charge in [-0.05, 0) is 60.2 Å². The van der Waals surface area contributed by atoms with Gasteiger partial charge in [0.05, 0.1) is 4.90 Å². The Kier molecular flexibility index (Phi) is 6.20. The van der Waals surface area contributed by atoms with E-state index in [0.717, 1.165) is 0 Å². The second kappa shape index (κ2) is 8.80. The van der Waals surface area contributed by atoms with Gasteiger partial charge in [0, 0.05) is 11.8 Å². The molecule has 0 bridgehead atoms. The zero-order valence-electron chi connectivity index (χ0n) is 14.7. The zero-order chi connectivity index (χ0) is 20.9. The Morgan fingerprint density at radius 3 is 2.28 bits per heavy atom. The monoisotopic (exact) mass is 432 g/mol. The summed E-state index contributed by atoms with van der Waals surface area (Å²) in [5.41, 5.74) is 1.07. The second-order valence-corrected chi connectivity index (χ2v) is 7.81. The van der Waals surface area contributed by atoms with Crippen LogP contribution in [0, 0.1) is 5.82 Å². The van der Waals surface area contributed by atoms with E-state index in [4.69, 9.17) is 11.6 Å². The summed E-state index contributed by atoms with van der Waals surface area (Å²) in [7, 11) is -3.87. The van der Waals surface area contributed by atoms with Gasteiger partial charge in [0.15, 0.2) is 11.0 Å². The van der Waals surface area contributed by atoms with Crippen LogP contribution in [0.15, 0.2) is 71.6 Å². The van der Waals surface area contributed by atoms with Gasteiger partial charge in [0.25, 0.3) is 10.0 Å². The predicted molar refractivity (Wildman–Crippen MR) is 108 cm³/mol. The van der Waals surface area contributed by atoms with E-state index in [0.29, 0.717) is 11.3 Å². The minimum Gasteiger partial charge on any atom is -0.323 e. The van der Waals surface area contributed by atoms with Crippen molar-refractivity contribution >= 4 is 45.1 Å². The molecule has 3 aromatic rings. The van der Waals surface area contributed by atoms with Crippen molar-refractivity contribution in [3.05, 3.63) is 83.3 Å². The highest BCUT2D eigenvalue weighted by Crippen LogP contribution is 2.17. The van der Waals surface area contributed by atoms with E-state index in [9.17, 15) is 17.6 Å². The van der Waals surface area contributed by atoms with E-state index in [1.54, 1.807) is 0 Å². The number of hydrogen-bond donors (Lipinski definition) is 2. The highest BCUT2D eigenvalue weighted by atomic mass is 35.5. The van der Waals surface area contributed by atoms with Crippen molar-refractivity contribution in [2.24, 2.45) is 0 Å². The zero-order valence-corrected chi connectivity index (χ0v) is 16.3. The molecular formula is C19H14ClFN4O3S. The maximum atomic E-state index is 12.9. The van der Waals surface area contributed by atoms with Crippen LogP contribution < -0.4 is 10.0 Å². The summed E-state index contributed by atoms with van der Waals surface area (Å²) in [5, 5.41) is 9.95. The maximum absolute atomic E-state index is 12.9. The molecule has 10 heteroatoms.